The fourth-order valence-corrected chi connectivity index (χ4v) is 4.17. The van der Waals surface area contributed by atoms with Crippen LogP contribution in [-0.4, -0.2) is 31.7 Å². The lowest BCUT2D eigenvalue weighted by molar-refractivity contribution is 0.102. The number of aromatic nitrogens is 1. The number of carbonyl (C=O) groups is 1. The van der Waals surface area contributed by atoms with Crippen LogP contribution in [0.1, 0.15) is 24.3 Å². The van der Waals surface area contributed by atoms with E-state index in [4.69, 9.17) is 4.74 Å². The second-order valence-electron chi connectivity index (χ2n) is 5.88. The SMILES string of the molecule is CCOc1ccc(-c2nc(C(=O)Nc3ccc(S(=O)(=O)CC)cc3)cs2)cc1. The summed E-state index contributed by atoms with van der Waals surface area (Å²) >= 11 is 1.38. The van der Waals surface area contributed by atoms with Crippen LogP contribution in [0.25, 0.3) is 10.6 Å². The van der Waals surface area contributed by atoms with Gasteiger partial charge in [-0.1, -0.05) is 6.92 Å². The lowest BCUT2D eigenvalue weighted by Crippen LogP contribution is -2.12. The maximum Gasteiger partial charge on any atom is 0.275 e. The number of amides is 1. The first kappa shape index (κ1) is 20.0. The van der Waals surface area contributed by atoms with Gasteiger partial charge in [-0.2, -0.15) is 0 Å². The Hall–Kier alpha value is -2.71. The van der Waals surface area contributed by atoms with Crippen LogP contribution in [0, 0.1) is 0 Å². The first-order valence-corrected chi connectivity index (χ1v) is 11.3. The number of thiazole rings is 1. The van der Waals surface area contributed by atoms with Crippen LogP contribution < -0.4 is 10.1 Å². The van der Waals surface area contributed by atoms with Crippen LogP contribution in [0.5, 0.6) is 5.75 Å². The van der Waals surface area contributed by atoms with E-state index in [0.29, 0.717) is 18.0 Å². The third-order valence-corrected chi connectivity index (χ3v) is 6.64. The van der Waals surface area contributed by atoms with Crippen molar-refractivity contribution in [3.05, 3.63) is 59.6 Å². The molecule has 6 nitrogen and oxygen atoms in total. The van der Waals surface area contributed by atoms with Crippen molar-refractivity contribution in [3.8, 4) is 16.3 Å². The standard InChI is InChI=1S/C20H20N2O4S2/c1-3-26-16-9-5-14(6-10-16)20-22-18(13-27-20)19(23)21-15-7-11-17(12-8-15)28(24,25)4-2/h5-13H,3-4H2,1-2H3,(H,21,23). The predicted molar refractivity (Wildman–Crippen MR) is 111 cm³/mol. The number of sulfone groups is 1. The Balaban J connectivity index is 1.70. The summed E-state index contributed by atoms with van der Waals surface area (Å²) in [5.74, 6) is 0.472. The minimum Gasteiger partial charge on any atom is -0.494 e. The summed E-state index contributed by atoms with van der Waals surface area (Å²) in [5.41, 5.74) is 1.72. The van der Waals surface area contributed by atoms with Crippen molar-refractivity contribution >= 4 is 32.8 Å². The summed E-state index contributed by atoms with van der Waals surface area (Å²) in [6, 6.07) is 13.6. The zero-order valence-electron chi connectivity index (χ0n) is 15.5. The van der Waals surface area contributed by atoms with E-state index in [1.54, 1.807) is 24.4 Å². The number of nitrogens with one attached hydrogen (secondary N) is 1. The summed E-state index contributed by atoms with van der Waals surface area (Å²) in [5, 5.41) is 5.16. The molecule has 0 fully saturated rings. The van der Waals surface area contributed by atoms with Crippen molar-refractivity contribution in [1.29, 1.82) is 0 Å². The van der Waals surface area contributed by atoms with E-state index < -0.39 is 9.84 Å². The summed E-state index contributed by atoms with van der Waals surface area (Å²) in [6.07, 6.45) is 0. The van der Waals surface area contributed by atoms with E-state index >= 15 is 0 Å². The molecule has 0 aliphatic heterocycles. The van der Waals surface area contributed by atoms with Gasteiger partial charge in [-0.3, -0.25) is 4.79 Å². The fraction of sp³-hybridized carbons (Fsp3) is 0.200. The van der Waals surface area contributed by atoms with Gasteiger partial charge in [0, 0.05) is 16.6 Å². The van der Waals surface area contributed by atoms with E-state index in [2.05, 4.69) is 10.3 Å². The molecule has 0 unspecified atom stereocenters. The number of ether oxygens (including phenoxy) is 1. The molecule has 0 aliphatic rings. The van der Waals surface area contributed by atoms with Crippen molar-refractivity contribution in [2.75, 3.05) is 17.7 Å². The van der Waals surface area contributed by atoms with E-state index in [1.807, 2.05) is 31.2 Å². The van der Waals surface area contributed by atoms with Crippen LogP contribution in [0.2, 0.25) is 0 Å². The van der Waals surface area contributed by atoms with Crippen LogP contribution in [0.4, 0.5) is 5.69 Å². The molecule has 1 aromatic heterocycles. The van der Waals surface area contributed by atoms with Gasteiger partial charge in [-0.05, 0) is 55.5 Å². The number of carbonyl (C=O) groups excluding carboxylic acids is 1. The molecule has 3 rings (SSSR count). The number of nitrogens with zero attached hydrogens (tertiary/aromatic N) is 1. The largest absolute Gasteiger partial charge is 0.494 e. The highest BCUT2D eigenvalue weighted by molar-refractivity contribution is 7.91. The summed E-state index contributed by atoms with van der Waals surface area (Å²) in [7, 11) is -3.26. The molecular weight excluding hydrogens is 396 g/mol. The summed E-state index contributed by atoms with van der Waals surface area (Å²) in [6.45, 7) is 4.12. The molecule has 0 saturated heterocycles. The van der Waals surface area contributed by atoms with Crippen molar-refractivity contribution in [1.82, 2.24) is 4.98 Å². The normalized spacial score (nSPS) is 11.2. The molecule has 0 aliphatic carbocycles. The molecule has 1 N–H and O–H groups in total. The van der Waals surface area contributed by atoms with Crippen LogP contribution in [0.15, 0.2) is 58.8 Å². The average molecular weight is 417 g/mol. The zero-order chi connectivity index (χ0) is 20.1. The monoisotopic (exact) mass is 416 g/mol. The number of hydrogen-bond donors (Lipinski definition) is 1. The van der Waals surface area contributed by atoms with Crippen molar-refractivity contribution in [2.24, 2.45) is 0 Å². The van der Waals surface area contributed by atoms with Gasteiger partial charge in [-0.25, -0.2) is 13.4 Å². The van der Waals surface area contributed by atoms with Crippen molar-refractivity contribution in [3.63, 3.8) is 0 Å². The number of anilines is 1. The smallest absolute Gasteiger partial charge is 0.275 e. The lowest BCUT2D eigenvalue weighted by Gasteiger charge is -2.05. The summed E-state index contributed by atoms with van der Waals surface area (Å²) < 4.78 is 29.1. The Labute approximate surface area is 168 Å². The summed E-state index contributed by atoms with van der Waals surface area (Å²) in [4.78, 5) is 17.1. The van der Waals surface area contributed by atoms with E-state index in [9.17, 15) is 13.2 Å². The van der Waals surface area contributed by atoms with Gasteiger partial charge in [0.2, 0.25) is 0 Å². The third-order valence-electron chi connectivity index (χ3n) is 4.00. The maximum atomic E-state index is 12.4. The topological polar surface area (TPSA) is 85.4 Å². The van der Waals surface area contributed by atoms with Crippen LogP contribution >= 0.6 is 11.3 Å². The maximum absolute atomic E-state index is 12.4. The highest BCUT2D eigenvalue weighted by Gasteiger charge is 2.14. The highest BCUT2D eigenvalue weighted by atomic mass is 32.2. The molecule has 1 heterocycles. The number of hydrogen-bond acceptors (Lipinski definition) is 6. The molecule has 0 bridgehead atoms. The van der Waals surface area contributed by atoms with Crippen LogP contribution in [-0.2, 0) is 9.84 Å². The first-order valence-electron chi connectivity index (χ1n) is 8.76. The quantitative estimate of drug-likeness (QED) is 0.622. The Kier molecular flexibility index (Phi) is 6.11. The van der Waals surface area contributed by atoms with Crippen LogP contribution in [0.3, 0.4) is 0 Å². The molecule has 8 heteroatoms. The second kappa shape index (κ2) is 8.53. The molecule has 1 amide bonds. The Morgan fingerprint density at radius 2 is 1.75 bits per heavy atom. The fourth-order valence-electron chi connectivity index (χ4n) is 2.48. The van der Waals surface area contributed by atoms with Gasteiger partial charge in [0.25, 0.3) is 5.91 Å². The Morgan fingerprint density at radius 3 is 2.36 bits per heavy atom. The zero-order valence-corrected chi connectivity index (χ0v) is 17.1. The second-order valence-corrected chi connectivity index (χ2v) is 9.01. The molecule has 28 heavy (non-hydrogen) atoms. The Morgan fingerprint density at radius 1 is 1.07 bits per heavy atom. The van der Waals surface area contributed by atoms with Crippen molar-refractivity contribution < 1.29 is 17.9 Å². The third kappa shape index (κ3) is 4.58. The first-order chi connectivity index (χ1) is 13.4. The molecule has 0 radical (unpaired) electrons. The van der Waals surface area contributed by atoms with Crippen molar-refractivity contribution in [2.45, 2.75) is 18.7 Å². The molecule has 2 aromatic carbocycles. The van der Waals surface area contributed by atoms with E-state index in [-0.39, 0.29) is 16.6 Å². The van der Waals surface area contributed by atoms with E-state index in [0.717, 1.165) is 16.3 Å². The minimum absolute atomic E-state index is 0.0336. The number of rotatable bonds is 7. The minimum atomic E-state index is -3.26. The molecule has 3 aromatic rings. The van der Waals surface area contributed by atoms with Gasteiger partial charge >= 0.3 is 0 Å². The van der Waals surface area contributed by atoms with Gasteiger partial charge < -0.3 is 10.1 Å². The molecule has 0 spiro atoms. The molecule has 0 saturated carbocycles. The van der Waals surface area contributed by atoms with Gasteiger partial charge in [0.05, 0.1) is 17.3 Å². The highest BCUT2D eigenvalue weighted by Crippen LogP contribution is 2.26. The molecular formula is C20H20N2O4S2. The molecule has 0 atom stereocenters. The van der Waals surface area contributed by atoms with E-state index in [1.165, 1.54) is 23.5 Å². The van der Waals surface area contributed by atoms with Gasteiger partial charge in [-0.15, -0.1) is 11.3 Å². The molecule has 146 valence electrons. The average Bonchev–Trinajstić information content (AvgIpc) is 3.20. The predicted octanol–water partition coefficient (Wildman–Crippen LogP) is 4.25. The number of benzene rings is 2. The Bertz CT molecular complexity index is 1060. The van der Waals surface area contributed by atoms with Gasteiger partial charge in [0.15, 0.2) is 9.84 Å². The van der Waals surface area contributed by atoms with Gasteiger partial charge in [0.1, 0.15) is 16.5 Å². The lowest BCUT2D eigenvalue weighted by atomic mass is 10.2.